The van der Waals surface area contributed by atoms with Crippen LogP contribution in [0.1, 0.15) is 48.5 Å². The van der Waals surface area contributed by atoms with Gasteiger partial charge in [-0.15, -0.1) is 0 Å². The minimum absolute atomic E-state index is 0.0774. The highest BCUT2D eigenvalue weighted by Gasteiger charge is 2.61. The van der Waals surface area contributed by atoms with Crippen LogP contribution < -0.4 is 15.4 Å². The Morgan fingerprint density at radius 1 is 1.28 bits per heavy atom. The van der Waals surface area contributed by atoms with Crippen LogP contribution in [0.25, 0.3) is 0 Å². The number of hydrogen-bond acceptors (Lipinski definition) is 4. The number of nitrogens with one attached hydrogen (secondary N) is 2. The maximum Gasteiger partial charge on any atom is 0.258 e. The van der Waals surface area contributed by atoms with E-state index in [-0.39, 0.29) is 29.1 Å². The highest BCUT2D eigenvalue weighted by Crippen LogP contribution is 2.58. The van der Waals surface area contributed by atoms with Crippen LogP contribution >= 0.6 is 0 Å². The van der Waals surface area contributed by atoms with E-state index in [9.17, 15) is 9.59 Å². The van der Waals surface area contributed by atoms with Crippen LogP contribution in [0.2, 0.25) is 0 Å². The van der Waals surface area contributed by atoms with Gasteiger partial charge in [0.05, 0.1) is 5.56 Å². The fourth-order valence-electron chi connectivity index (χ4n) is 5.47. The number of carbonyl (C=O) groups is 2. The zero-order valence-corrected chi connectivity index (χ0v) is 16.5. The topological polar surface area (TPSA) is 80.3 Å². The molecule has 1 spiro atoms. The van der Waals surface area contributed by atoms with Crippen LogP contribution in [0.15, 0.2) is 48.8 Å². The maximum absolute atomic E-state index is 13.0. The van der Waals surface area contributed by atoms with Gasteiger partial charge in [0.1, 0.15) is 5.75 Å². The third kappa shape index (κ3) is 2.98. The molecule has 0 radical (unpaired) electrons. The fraction of sp³-hybridized carbons (Fsp3) is 0.435. The molecule has 2 heterocycles. The van der Waals surface area contributed by atoms with E-state index in [2.05, 4.69) is 22.5 Å². The Morgan fingerprint density at radius 2 is 2.07 bits per heavy atom. The third-order valence-corrected chi connectivity index (χ3v) is 7.03. The highest BCUT2D eigenvalue weighted by atomic mass is 16.5. The van der Waals surface area contributed by atoms with Crippen LogP contribution in [-0.4, -0.2) is 22.5 Å². The molecule has 4 atom stereocenters. The first-order chi connectivity index (χ1) is 14.0. The molecule has 2 bridgehead atoms. The van der Waals surface area contributed by atoms with Crippen molar-refractivity contribution in [1.82, 2.24) is 15.6 Å². The Labute approximate surface area is 170 Å². The van der Waals surface area contributed by atoms with Crippen LogP contribution in [0, 0.1) is 17.3 Å². The van der Waals surface area contributed by atoms with E-state index in [0.717, 1.165) is 24.8 Å². The highest BCUT2D eigenvalue weighted by molar-refractivity contribution is 5.98. The zero-order valence-electron chi connectivity index (χ0n) is 16.5. The maximum atomic E-state index is 13.0. The SMILES string of the molecule is C[C@@]12CC[C@@H](C[C@@H]1C(=O)NCc1ccncc1)[C@@]1(C2)NC(=O)c2ccccc2O1. The molecule has 4 aliphatic rings. The quantitative estimate of drug-likeness (QED) is 0.843. The van der Waals surface area contributed by atoms with Gasteiger partial charge in [-0.1, -0.05) is 19.1 Å². The first kappa shape index (κ1) is 18.2. The predicted octanol–water partition coefficient (Wildman–Crippen LogP) is 3.04. The Bertz CT molecular complexity index is 963. The molecule has 3 saturated carbocycles. The number of amides is 2. The average molecular weight is 391 g/mol. The summed E-state index contributed by atoms with van der Waals surface area (Å²) in [6.45, 7) is 2.67. The number of fused-ring (bicyclic) bond motifs is 3. The Balaban J connectivity index is 1.35. The second-order valence-electron chi connectivity index (χ2n) is 8.87. The van der Waals surface area contributed by atoms with Crippen molar-refractivity contribution in [2.45, 2.75) is 44.9 Å². The lowest BCUT2D eigenvalue weighted by molar-refractivity contribution is -0.167. The minimum atomic E-state index is -0.708. The summed E-state index contributed by atoms with van der Waals surface area (Å²) >= 11 is 0. The van der Waals surface area contributed by atoms with Crippen molar-refractivity contribution in [2.24, 2.45) is 17.3 Å². The van der Waals surface area contributed by atoms with Gasteiger partial charge in [-0.25, -0.2) is 0 Å². The van der Waals surface area contributed by atoms with Crippen LogP contribution in [0.3, 0.4) is 0 Å². The van der Waals surface area contributed by atoms with Gasteiger partial charge in [-0.3, -0.25) is 14.6 Å². The van der Waals surface area contributed by atoms with E-state index in [4.69, 9.17) is 4.74 Å². The first-order valence-electron chi connectivity index (χ1n) is 10.3. The monoisotopic (exact) mass is 391 g/mol. The van der Waals surface area contributed by atoms with Gasteiger partial charge < -0.3 is 15.4 Å². The van der Waals surface area contributed by atoms with Gasteiger partial charge >= 0.3 is 0 Å². The summed E-state index contributed by atoms with van der Waals surface area (Å²) in [5.41, 5.74) is 0.698. The van der Waals surface area contributed by atoms with E-state index >= 15 is 0 Å². The molecule has 2 aromatic rings. The van der Waals surface area contributed by atoms with Crippen molar-refractivity contribution in [3.05, 3.63) is 59.9 Å². The molecule has 3 aliphatic carbocycles. The van der Waals surface area contributed by atoms with Crippen molar-refractivity contribution in [1.29, 1.82) is 0 Å². The summed E-state index contributed by atoms with van der Waals surface area (Å²) in [5, 5.41) is 6.26. The molecule has 1 aromatic heterocycles. The van der Waals surface area contributed by atoms with Crippen molar-refractivity contribution < 1.29 is 14.3 Å². The number of carbonyl (C=O) groups excluding carboxylic acids is 2. The van der Waals surface area contributed by atoms with Crippen LogP contribution in [0.4, 0.5) is 0 Å². The number of rotatable bonds is 3. The number of nitrogens with zero attached hydrogens (tertiary/aromatic N) is 1. The van der Waals surface area contributed by atoms with Gasteiger partial charge in [0.15, 0.2) is 5.72 Å². The third-order valence-electron chi connectivity index (χ3n) is 7.03. The van der Waals surface area contributed by atoms with Gasteiger partial charge in [0, 0.05) is 37.2 Å². The van der Waals surface area contributed by atoms with Gasteiger partial charge in [0.25, 0.3) is 5.91 Å². The molecular weight excluding hydrogens is 366 g/mol. The smallest absolute Gasteiger partial charge is 0.258 e. The summed E-state index contributed by atoms with van der Waals surface area (Å²) in [7, 11) is 0. The number of benzene rings is 1. The normalized spacial score (nSPS) is 32.2. The lowest BCUT2D eigenvalue weighted by atomic mass is 9.52. The lowest BCUT2D eigenvalue weighted by Crippen LogP contribution is -2.69. The minimum Gasteiger partial charge on any atom is -0.467 e. The summed E-state index contributed by atoms with van der Waals surface area (Å²) in [5.74, 6) is 0.698. The molecule has 3 fully saturated rings. The summed E-state index contributed by atoms with van der Waals surface area (Å²) in [4.78, 5) is 29.8. The molecule has 6 rings (SSSR count). The second-order valence-corrected chi connectivity index (χ2v) is 8.87. The predicted molar refractivity (Wildman–Crippen MR) is 107 cm³/mol. The van der Waals surface area contributed by atoms with Crippen molar-refractivity contribution >= 4 is 11.8 Å². The molecule has 6 heteroatoms. The Morgan fingerprint density at radius 3 is 2.86 bits per heavy atom. The number of para-hydroxylation sites is 1. The molecule has 150 valence electrons. The Hall–Kier alpha value is -2.89. The molecule has 2 N–H and O–H groups in total. The number of aromatic nitrogens is 1. The van der Waals surface area contributed by atoms with Crippen LogP contribution in [-0.2, 0) is 11.3 Å². The number of pyridine rings is 1. The summed E-state index contributed by atoms with van der Waals surface area (Å²) in [6.07, 6.45) is 6.76. The summed E-state index contributed by atoms with van der Waals surface area (Å²) in [6, 6.07) is 11.2. The second kappa shape index (κ2) is 6.58. The average Bonchev–Trinajstić information content (AvgIpc) is 2.72. The van der Waals surface area contributed by atoms with E-state index in [1.165, 1.54) is 0 Å². The zero-order chi connectivity index (χ0) is 20.1. The number of ether oxygens (including phenoxy) is 1. The first-order valence-corrected chi connectivity index (χ1v) is 10.3. The molecule has 1 aliphatic heterocycles. The largest absolute Gasteiger partial charge is 0.467 e. The van der Waals surface area contributed by atoms with Crippen molar-refractivity contribution in [2.75, 3.05) is 0 Å². The van der Waals surface area contributed by atoms with Crippen molar-refractivity contribution in [3.63, 3.8) is 0 Å². The van der Waals surface area contributed by atoms with Gasteiger partial charge in [0.2, 0.25) is 5.91 Å². The van der Waals surface area contributed by atoms with E-state index in [1.807, 2.05) is 30.3 Å². The Kier molecular flexibility index (Phi) is 4.12. The molecule has 6 nitrogen and oxygen atoms in total. The molecular formula is C23H25N3O3. The van der Waals surface area contributed by atoms with Crippen molar-refractivity contribution in [3.8, 4) is 5.75 Å². The van der Waals surface area contributed by atoms with E-state index < -0.39 is 5.72 Å². The van der Waals surface area contributed by atoms with Crippen LogP contribution in [0.5, 0.6) is 5.75 Å². The molecule has 0 saturated heterocycles. The molecule has 29 heavy (non-hydrogen) atoms. The van der Waals surface area contributed by atoms with E-state index in [1.54, 1.807) is 18.5 Å². The standard InChI is InChI=1S/C23H25N3O3/c1-22-9-6-16(12-18(22)21(28)25-13-15-7-10-24-11-8-15)23(14-22)26-20(27)17-4-2-3-5-19(17)29-23/h2-5,7-8,10-11,16,18H,6,9,12-14H2,1H3,(H,25,28)(H,26,27)/t16-,18+,22-,23-/m0/s1. The summed E-state index contributed by atoms with van der Waals surface area (Å²) < 4.78 is 6.42. The fourth-order valence-corrected chi connectivity index (χ4v) is 5.47. The molecule has 2 amide bonds. The van der Waals surface area contributed by atoms with Gasteiger partial charge in [-0.05, 0) is 54.5 Å². The molecule has 1 aromatic carbocycles. The lowest BCUT2D eigenvalue weighted by Gasteiger charge is -2.59. The number of hydrogen-bond donors (Lipinski definition) is 2. The van der Waals surface area contributed by atoms with Gasteiger partial charge in [-0.2, -0.15) is 0 Å². The molecule has 0 unspecified atom stereocenters. The van der Waals surface area contributed by atoms with E-state index in [0.29, 0.717) is 24.3 Å².